The summed E-state index contributed by atoms with van der Waals surface area (Å²) in [6.07, 6.45) is 1.76. The number of aryl methyl sites for hydroxylation is 1. The number of nitrogen functional groups attached to an aromatic ring is 1. The number of nitrogens with two attached hydrogens (primary N) is 1. The third-order valence-electron chi connectivity index (χ3n) is 4.71. The van der Waals surface area contributed by atoms with E-state index in [1.54, 1.807) is 10.9 Å². The molecule has 0 atom stereocenters. The van der Waals surface area contributed by atoms with Crippen molar-refractivity contribution < 1.29 is 9.47 Å². The highest BCUT2D eigenvalue weighted by molar-refractivity contribution is 5.75. The average molecular weight is 385 g/mol. The molecular formula is C24H23N3O2. The van der Waals surface area contributed by atoms with E-state index in [0.29, 0.717) is 30.5 Å². The minimum Gasteiger partial charge on any atom is -0.485 e. The SMILES string of the molecule is Cn1ncc(-c2ccc(OCc3ccccc3)c(OCc3ccccc3)c2)c1N. The van der Waals surface area contributed by atoms with Crippen molar-refractivity contribution in [3.8, 4) is 22.6 Å². The van der Waals surface area contributed by atoms with E-state index in [-0.39, 0.29) is 0 Å². The van der Waals surface area contributed by atoms with Crippen LogP contribution in [0.3, 0.4) is 0 Å². The number of hydrogen-bond donors (Lipinski definition) is 1. The van der Waals surface area contributed by atoms with Gasteiger partial charge in [-0.3, -0.25) is 4.68 Å². The van der Waals surface area contributed by atoms with Crippen LogP contribution in [0.5, 0.6) is 11.5 Å². The summed E-state index contributed by atoms with van der Waals surface area (Å²) < 4.78 is 13.8. The van der Waals surface area contributed by atoms with E-state index in [4.69, 9.17) is 15.2 Å². The maximum atomic E-state index is 6.15. The van der Waals surface area contributed by atoms with Gasteiger partial charge in [-0.15, -0.1) is 0 Å². The van der Waals surface area contributed by atoms with Crippen LogP contribution >= 0.6 is 0 Å². The number of nitrogens with zero attached hydrogens (tertiary/aromatic N) is 2. The van der Waals surface area contributed by atoms with Crippen LogP contribution in [0.25, 0.3) is 11.1 Å². The van der Waals surface area contributed by atoms with Crippen molar-refractivity contribution >= 4 is 5.82 Å². The summed E-state index contributed by atoms with van der Waals surface area (Å²) in [5.74, 6) is 1.97. The first kappa shape index (κ1) is 18.6. The van der Waals surface area contributed by atoms with Crippen LogP contribution in [-0.2, 0) is 20.3 Å². The molecule has 0 aliphatic carbocycles. The van der Waals surface area contributed by atoms with Gasteiger partial charge in [0.05, 0.1) is 6.20 Å². The van der Waals surface area contributed by atoms with Crippen LogP contribution in [0.15, 0.2) is 85.1 Å². The predicted octanol–water partition coefficient (Wildman–Crippen LogP) is 4.83. The van der Waals surface area contributed by atoms with Gasteiger partial charge in [-0.05, 0) is 28.8 Å². The second-order valence-corrected chi connectivity index (χ2v) is 6.78. The summed E-state index contributed by atoms with van der Waals surface area (Å²) in [5, 5.41) is 4.23. The van der Waals surface area contributed by atoms with Gasteiger partial charge in [0.25, 0.3) is 0 Å². The minimum absolute atomic E-state index is 0.453. The van der Waals surface area contributed by atoms with Gasteiger partial charge in [0.1, 0.15) is 19.0 Å². The molecule has 3 aromatic carbocycles. The van der Waals surface area contributed by atoms with Gasteiger partial charge in [0.15, 0.2) is 11.5 Å². The normalized spacial score (nSPS) is 10.7. The van der Waals surface area contributed by atoms with Gasteiger partial charge in [-0.1, -0.05) is 66.7 Å². The Hall–Kier alpha value is -3.73. The third kappa shape index (κ3) is 4.41. The van der Waals surface area contributed by atoms with E-state index in [2.05, 4.69) is 5.10 Å². The van der Waals surface area contributed by atoms with Crippen molar-refractivity contribution in [2.45, 2.75) is 13.2 Å². The van der Waals surface area contributed by atoms with Gasteiger partial charge >= 0.3 is 0 Å². The van der Waals surface area contributed by atoms with Crippen molar-refractivity contribution in [2.75, 3.05) is 5.73 Å². The molecule has 4 rings (SSSR count). The fourth-order valence-electron chi connectivity index (χ4n) is 3.05. The van der Waals surface area contributed by atoms with Gasteiger partial charge < -0.3 is 15.2 Å². The Balaban J connectivity index is 1.61. The summed E-state index contributed by atoms with van der Waals surface area (Å²) >= 11 is 0. The zero-order valence-corrected chi connectivity index (χ0v) is 16.3. The van der Waals surface area contributed by atoms with E-state index in [9.17, 15) is 0 Å². The van der Waals surface area contributed by atoms with Crippen LogP contribution in [0.1, 0.15) is 11.1 Å². The molecule has 0 spiro atoms. The van der Waals surface area contributed by atoms with Crippen LogP contribution in [-0.4, -0.2) is 9.78 Å². The lowest BCUT2D eigenvalue weighted by atomic mass is 10.1. The lowest BCUT2D eigenvalue weighted by Gasteiger charge is -2.14. The molecule has 0 aliphatic heterocycles. The van der Waals surface area contributed by atoms with Crippen molar-refractivity contribution in [1.29, 1.82) is 0 Å². The van der Waals surface area contributed by atoms with Gasteiger partial charge in [0.2, 0.25) is 0 Å². The molecular weight excluding hydrogens is 362 g/mol. The summed E-state index contributed by atoms with van der Waals surface area (Å²) in [5.41, 5.74) is 10.1. The molecule has 0 fully saturated rings. The van der Waals surface area contributed by atoms with Gasteiger partial charge in [0, 0.05) is 12.6 Å². The van der Waals surface area contributed by atoms with Crippen molar-refractivity contribution in [3.63, 3.8) is 0 Å². The molecule has 0 saturated heterocycles. The Bertz CT molecular complexity index is 1080. The fraction of sp³-hybridized carbons (Fsp3) is 0.125. The number of hydrogen-bond acceptors (Lipinski definition) is 4. The molecule has 4 aromatic rings. The lowest BCUT2D eigenvalue weighted by molar-refractivity contribution is 0.256. The molecule has 5 heteroatoms. The summed E-state index contributed by atoms with van der Waals surface area (Å²) in [7, 11) is 1.82. The largest absolute Gasteiger partial charge is 0.485 e. The van der Waals surface area contributed by atoms with Crippen molar-refractivity contribution in [2.24, 2.45) is 7.05 Å². The summed E-state index contributed by atoms with van der Waals surface area (Å²) in [6, 6.07) is 26.0. The first-order valence-corrected chi connectivity index (χ1v) is 9.46. The maximum absolute atomic E-state index is 6.15. The second kappa shape index (κ2) is 8.52. The van der Waals surface area contributed by atoms with Crippen LogP contribution < -0.4 is 15.2 Å². The summed E-state index contributed by atoms with van der Waals surface area (Å²) in [6.45, 7) is 0.922. The monoisotopic (exact) mass is 385 g/mol. The quantitative estimate of drug-likeness (QED) is 0.495. The number of aromatic nitrogens is 2. The molecule has 0 bridgehead atoms. The van der Waals surface area contributed by atoms with Crippen molar-refractivity contribution in [3.05, 3.63) is 96.2 Å². The average Bonchev–Trinajstić information content (AvgIpc) is 3.11. The number of rotatable bonds is 7. The Morgan fingerprint density at radius 2 is 1.38 bits per heavy atom. The standard InChI is InChI=1S/C24H23N3O2/c1-27-24(25)21(15-26-27)20-12-13-22(28-16-18-8-4-2-5-9-18)23(14-20)29-17-19-10-6-3-7-11-19/h2-15H,16-17,25H2,1H3. The zero-order valence-electron chi connectivity index (χ0n) is 16.3. The lowest BCUT2D eigenvalue weighted by Crippen LogP contribution is -2.01. The van der Waals surface area contributed by atoms with E-state index < -0.39 is 0 Å². The number of ether oxygens (including phenoxy) is 2. The Kier molecular flexibility index (Phi) is 5.47. The zero-order chi connectivity index (χ0) is 20.1. The molecule has 5 nitrogen and oxygen atoms in total. The third-order valence-corrected chi connectivity index (χ3v) is 4.71. The maximum Gasteiger partial charge on any atom is 0.162 e. The minimum atomic E-state index is 0.453. The Morgan fingerprint density at radius 3 is 1.93 bits per heavy atom. The van der Waals surface area contributed by atoms with Gasteiger partial charge in [-0.2, -0.15) is 5.10 Å². The molecule has 0 amide bonds. The molecule has 0 unspecified atom stereocenters. The highest BCUT2D eigenvalue weighted by Crippen LogP contribution is 2.35. The molecule has 29 heavy (non-hydrogen) atoms. The van der Waals surface area contributed by atoms with Crippen molar-refractivity contribution in [1.82, 2.24) is 9.78 Å². The van der Waals surface area contributed by atoms with E-state index >= 15 is 0 Å². The second-order valence-electron chi connectivity index (χ2n) is 6.78. The molecule has 1 aromatic heterocycles. The first-order chi connectivity index (χ1) is 14.2. The fourth-order valence-corrected chi connectivity index (χ4v) is 3.05. The Morgan fingerprint density at radius 1 is 0.793 bits per heavy atom. The molecule has 2 N–H and O–H groups in total. The summed E-state index contributed by atoms with van der Waals surface area (Å²) in [4.78, 5) is 0. The Labute approximate surface area is 170 Å². The highest BCUT2D eigenvalue weighted by Gasteiger charge is 2.13. The van der Waals surface area contributed by atoms with E-state index in [0.717, 1.165) is 22.3 Å². The van der Waals surface area contributed by atoms with E-state index in [1.807, 2.05) is 85.9 Å². The van der Waals surface area contributed by atoms with Crippen LogP contribution in [0.4, 0.5) is 5.82 Å². The molecule has 0 radical (unpaired) electrons. The molecule has 0 aliphatic rings. The van der Waals surface area contributed by atoms with Crippen LogP contribution in [0.2, 0.25) is 0 Å². The van der Waals surface area contributed by atoms with E-state index in [1.165, 1.54) is 0 Å². The first-order valence-electron chi connectivity index (χ1n) is 9.46. The molecule has 0 saturated carbocycles. The number of benzene rings is 3. The molecule has 1 heterocycles. The van der Waals surface area contributed by atoms with Crippen LogP contribution in [0, 0.1) is 0 Å². The number of anilines is 1. The molecule has 146 valence electrons. The topological polar surface area (TPSA) is 62.3 Å². The predicted molar refractivity (Wildman–Crippen MR) is 115 cm³/mol. The smallest absolute Gasteiger partial charge is 0.162 e. The highest BCUT2D eigenvalue weighted by atomic mass is 16.5. The van der Waals surface area contributed by atoms with Gasteiger partial charge in [-0.25, -0.2) is 0 Å².